The van der Waals surface area contributed by atoms with Gasteiger partial charge in [0.25, 0.3) is 0 Å². The normalized spacial score (nSPS) is 33.3. The number of ether oxygens (including phenoxy) is 4. The largest absolute Gasteiger partial charge is 0.443 e. The highest BCUT2D eigenvalue weighted by Crippen LogP contribution is 2.59. The number of allylic oxidation sites excluding steroid dienone is 1. The molecule has 1 aromatic rings. The molecule has 9 nitrogen and oxygen atoms in total. The number of carbonyl (C=O) groups is 2. The fraction of sp³-hybridized carbons (Fsp3) is 0.697. The van der Waals surface area contributed by atoms with Crippen LogP contribution in [0.2, 0.25) is 0 Å². The van der Waals surface area contributed by atoms with E-state index < -0.39 is 23.8 Å². The Morgan fingerprint density at radius 2 is 1.83 bits per heavy atom. The van der Waals surface area contributed by atoms with Crippen molar-refractivity contribution in [1.29, 1.82) is 0 Å². The molecule has 4 fully saturated rings. The first kappa shape index (κ1) is 31.0. The molecule has 42 heavy (non-hydrogen) atoms. The van der Waals surface area contributed by atoms with Gasteiger partial charge < -0.3 is 29.2 Å². The highest BCUT2D eigenvalue weighted by Gasteiger charge is 2.72. The maximum absolute atomic E-state index is 13.6. The lowest BCUT2D eigenvalue weighted by atomic mass is 9.68. The average Bonchev–Trinajstić information content (AvgIpc) is 3.88. The van der Waals surface area contributed by atoms with Crippen LogP contribution in [0, 0.1) is 11.8 Å². The van der Waals surface area contributed by atoms with Crippen LogP contribution in [-0.4, -0.2) is 97.3 Å². The van der Waals surface area contributed by atoms with Gasteiger partial charge in [-0.05, 0) is 51.5 Å². The number of methoxy groups -OCH3 is 1. The third-order valence-electron chi connectivity index (χ3n) is 9.63. The summed E-state index contributed by atoms with van der Waals surface area (Å²) in [5, 5.41) is 2.91. The van der Waals surface area contributed by atoms with Gasteiger partial charge in [0, 0.05) is 39.8 Å². The zero-order valence-corrected chi connectivity index (χ0v) is 26.1. The molecule has 1 spiro atoms. The summed E-state index contributed by atoms with van der Waals surface area (Å²) in [6, 6.07) is 9.72. The Bertz CT molecular complexity index is 1130. The van der Waals surface area contributed by atoms with Crippen LogP contribution in [0.5, 0.6) is 0 Å². The number of nitrogens with one attached hydrogen (secondary N) is 1. The van der Waals surface area contributed by atoms with Gasteiger partial charge in [-0.2, -0.15) is 0 Å². The predicted octanol–water partition coefficient (Wildman–Crippen LogP) is 4.16. The highest BCUT2D eigenvalue weighted by molar-refractivity contribution is 5.86. The van der Waals surface area contributed by atoms with Gasteiger partial charge in [0.05, 0.1) is 18.6 Å². The Labute approximate surface area is 250 Å². The van der Waals surface area contributed by atoms with E-state index in [0.717, 1.165) is 32.5 Å². The Morgan fingerprint density at radius 3 is 2.43 bits per heavy atom. The lowest BCUT2D eigenvalue weighted by molar-refractivity contribution is -0.137. The van der Waals surface area contributed by atoms with Crippen LogP contribution in [0.4, 0.5) is 4.79 Å². The maximum atomic E-state index is 13.6. The summed E-state index contributed by atoms with van der Waals surface area (Å²) in [6.45, 7) is 14.6. The van der Waals surface area contributed by atoms with Crippen LogP contribution in [0.3, 0.4) is 0 Å². The minimum atomic E-state index is -0.658. The van der Waals surface area contributed by atoms with Crippen LogP contribution >= 0.6 is 0 Å². The number of carbonyl (C=O) groups excluding carboxylic acids is 2. The summed E-state index contributed by atoms with van der Waals surface area (Å²) in [5.41, 5.74) is 1.84. The molecule has 1 aliphatic carbocycles. The van der Waals surface area contributed by atoms with Gasteiger partial charge in [-0.1, -0.05) is 55.8 Å². The minimum Gasteiger partial charge on any atom is -0.443 e. The highest BCUT2D eigenvalue weighted by atomic mass is 16.6. The number of amides is 2. The summed E-state index contributed by atoms with van der Waals surface area (Å²) in [4.78, 5) is 31.1. The number of piperazine rings is 1. The number of alkyl carbamates (subject to hydrolysis) is 1. The van der Waals surface area contributed by atoms with E-state index in [-0.39, 0.29) is 35.6 Å². The molecular formula is C33H49N3O6. The molecule has 3 saturated heterocycles. The van der Waals surface area contributed by atoms with Crippen LogP contribution in [-0.2, 0) is 30.3 Å². The molecule has 5 rings (SSSR count). The Balaban J connectivity index is 1.18. The number of benzene rings is 1. The second kappa shape index (κ2) is 12.6. The lowest BCUT2D eigenvalue weighted by Gasteiger charge is -2.42. The van der Waals surface area contributed by atoms with E-state index in [9.17, 15) is 9.59 Å². The molecule has 0 radical (unpaired) electrons. The molecule has 9 heteroatoms. The molecule has 0 bridgehead atoms. The second-order valence-electron chi connectivity index (χ2n) is 13.3. The molecule has 4 aliphatic rings. The fourth-order valence-corrected chi connectivity index (χ4v) is 7.05. The topological polar surface area (TPSA) is 96.2 Å². The Morgan fingerprint density at radius 1 is 1.14 bits per heavy atom. The van der Waals surface area contributed by atoms with Crippen molar-refractivity contribution in [2.75, 3.05) is 39.9 Å². The van der Waals surface area contributed by atoms with E-state index in [0.29, 0.717) is 26.1 Å². The molecule has 1 saturated carbocycles. The van der Waals surface area contributed by atoms with Crippen molar-refractivity contribution in [3.8, 4) is 0 Å². The summed E-state index contributed by atoms with van der Waals surface area (Å²) < 4.78 is 24.4. The van der Waals surface area contributed by atoms with Gasteiger partial charge in [0.15, 0.2) is 0 Å². The molecule has 2 amide bonds. The quantitative estimate of drug-likeness (QED) is 0.327. The van der Waals surface area contributed by atoms with Crippen LogP contribution in [0.1, 0.15) is 59.4 Å². The van der Waals surface area contributed by atoms with Gasteiger partial charge in [0.1, 0.15) is 29.5 Å². The summed E-state index contributed by atoms with van der Waals surface area (Å²) in [5.74, 6) is -0.188. The molecule has 1 N–H and O–H groups in total. The average molecular weight is 584 g/mol. The molecular weight excluding hydrogens is 534 g/mol. The van der Waals surface area contributed by atoms with Crippen molar-refractivity contribution in [2.45, 2.75) is 96.0 Å². The van der Waals surface area contributed by atoms with E-state index in [1.54, 1.807) is 7.11 Å². The second-order valence-corrected chi connectivity index (χ2v) is 13.3. The molecule has 1 aromatic carbocycles. The predicted molar refractivity (Wildman–Crippen MR) is 160 cm³/mol. The Kier molecular flexibility index (Phi) is 9.33. The number of epoxide rings is 2. The van der Waals surface area contributed by atoms with Gasteiger partial charge >= 0.3 is 6.09 Å². The summed E-state index contributed by atoms with van der Waals surface area (Å²) in [7, 11) is 1.67. The zero-order valence-electron chi connectivity index (χ0n) is 26.1. The van der Waals surface area contributed by atoms with E-state index in [2.05, 4.69) is 61.3 Å². The van der Waals surface area contributed by atoms with Gasteiger partial charge in [-0.3, -0.25) is 9.69 Å². The van der Waals surface area contributed by atoms with Crippen molar-refractivity contribution in [3.63, 3.8) is 0 Å². The smallest absolute Gasteiger partial charge is 0.408 e. The fourth-order valence-electron chi connectivity index (χ4n) is 7.05. The van der Waals surface area contributed by atoms with Crippen molar-refractivity contribution < 1.29 is 28.5 Å². The van der Waals surface area contributed by atoms with Crippen LogP contribution in [0.15, 0.2) is 42.0 Å². The molecule has 1 unspecified atom stereocenters. The van der Waals surface area contributed by atoms with Gasteiger partial charge in [0.2, 0.25) is 5.91 Å². The van der Waals surface area contributed by atoms with E-state index in [4.69, 9.17) is 18.9 Å². The van der Waals surface area contributed by atoms with Crippen LogP contribution < -0.4 is 5.32 Å². The monoisotopic (exact) mass is 583 g/mol. The van der Waals surface area contributed by atoms with Crippen molar-refractivity contribution in [3.05, 3.63) is 47.5 Å². The minimum absolute atomic E-state index is 0.0492. The molecule has 3 heterocycles. The third-order valence-corrected chi connectivity index (χ3v) is 9.63. The van der Waals surface area contributed by atoms with Crippen LogP contribution in [0.25, 0.3) is 0 Å². The first-order valence-electron chi connectivity index (χ1n) is 15.6. The van der Waals surface area contributed by atoms with E-state index in [1.165, 1.54) is 11.1 Å². The number of nitrogens with zero attached hydrogens (tertiary/aromatic N) is 2. The summed E-state index contributed by atoms with van der Waals surface area (Å²) >= 11 is 0. The lowest BCUT2D eigenvalue weighted by Crippen LogP contribution is -2.58. The van der Waals surface area contributed by atoms with Gasteiger partial charge in [-0.25, -0.2) is 4.79 Å². The van der Waals surface area contributed by atoms with Gasteiger partial charge in [-0.15, -0.1) is 0 Å². The number of hydrogen-bond donors (Lipinski definition) is 1. The third kappa shape index (κ3) is 6.69. The number of hydrogen-bond acceptors (Lipinski definition) is 7. The van der Waals surface area contributed by atoms with Crippen molar-refractivity contribution in [1.82, 2.24) is 15.1 Å². The maximum Gasteiger partial charge on any atom is 0.408 e. The van der Waals surface area contributed by atoms with E-state index >= 15 is 0 Å². The number of rotatable bonds is 10. The Hall–Kier alpha value is -2.46. The SMILES string of the molecule is CO[C@@H]1[C@H](OC(=O)N[C@@H](C(=O)N2CCN(Cc3ccccc3)CC2)C(C)C)CC[C@]2(CO2)[C@H]1[C@@]1(C)OC1CC=C(C)C. The first-order chi connectivity index (χ1) is 20.1. The molecule has 232 valence electrons. The summed E-state index contributed by atoms with van der Waals surface area (Å²) in [6.07, 6.45) is 3.15. The molecule has 7 atom stereocenters. The van der Waals surface area contributed by atoms with E-state index in [1.807, 2.05) is 24.8 Å². The molecule has 0 aromatic heterocycles. The molecule has 3 aliphatic heterocycles. The zero-order chi connectivity index (χ0) is 30.1. The standard InChI is InChI=1S/C33H49N3O6/c1-22(2)12-13-26-32(5,42-26)29-28(39-6)25(14-15-33(29)21-40-33)41-31(38)34-27(23(3)4)30(37)36-18-16-35(17-19-36)20-24-10-8-7-9-11-24/h7-12,23,25-29H,13-21H2,1-6H3,(H,34,38)/t25-,26?,27-,28-,29-,32+,33+/m1/s1. The van der Waals surface area contributed by atoms with Crippen molar-refractivity contribution in [2.24, 2.45) is 11.8 Å². The van der Waals surface area contributed by atoms with Crippen molar-refractivity contribution >= 4 is 12.0 Å². The first-order valence-corrected chi connectivity index (χ1v) is 15.6.